The van der Waals surface area contributed by atoms with E-state index in [1.54, 1.807) is 36.0 Å². The predicted molar refractivity (Wildman–Crippen MR) is 117 cm³/mol. The van der Waals surface area contributed by atoms with Gasteiger partial charge in [-0.05, 0) is 48.0 Å². The normalized spacial score (nSPS) is 11.0. The Bertz CT molecular complexity index is 892. The Kier molecular flexibility index (Phi) is 8.37. The van der Waals surface area contributed by atoms with Gasteiger partial charge in [-0.3, -0.25) is 4.99 Å². The van der Waals surface area contributed by atoms with Crippen molar-refractivity contribution in [2.45, 2.75) is 13.0 Å². The number of halogens is 3. The van der Waals surface area contributed by atoms with Crippen LogP contribution in [0.15, 0.2) is 65.8 Å². The van der Waals surface area contributed by atoms with E-state index < -0.39 is 0 Å². The highest BCUT2D eigenvalue weighted by Crippen LogP contribution is 2.09. The molecule has 0 aliphatic heterocycles. The van der Waals surface area contributed by atoms with Crippen LogP contribution in [0, 0.1) is 11.6 Å². The van der Waals surface area contributed by atoms with Gasteiger partial charge in [0.05, 0.1) is 11.4 Å². The summed E-state index contributed by atoms with van der Waals surface area (Å²) in [5, 5.41) is 10.9. The van der Waals surface area contributed by atoms with Crippen LogP contribution in [-0.2, 0) is 13.0 Å². The van der Waals surface area contributed by atoms with E-state index in [0.717, 1.165) is 16.9 Å². The topological polar surface area (TPSA) is 54.2 Å². The molecule has 3 rings (SSSR count). The van der Waals surface area contributed by atoms with Gasteiger partial charge in [0.2, 0.25) is 0 Å². The minimum absolute atomic E-state index is 0. The van der Waals surface area contributed by atoms with Crippen LogP contribution in [0.2, 0.25) is 0 Å². The third-order valence-electron chi connectivity index (χ3n) is 4.01. The highest BCUT2D eigenvalue weighted by Gasteiger charge is 2.03. The molecule has 28 heavy (non-hydrogen) atoms. The van der Waals surface area contributed by atoms with Gasteiger partial charge in [0.15, 0.2) is 5.96 Å². The number of aliphatic imine (C=N–C) groups is 1. The molecule has 5 nitrogen and oxygen atoms in total. The number of rotatable bonds is 6. The molecule has 2 N–H and O–H groups in total. The number of hydrogen-bond donors (Lipinski definition) is 2. The van der Waals surface area contributed by atoms with Crippen molar-refractivity contribution < 1.29 is 8.78 Å². The van der Waals surface area contributed by atoms with E-state index in [9.17, 15) is 8.78 Å². The summed E-state index contributed by atoms with van der Waals surface area (Å²) < 4.78 is 27.6. The van der Waals surface area contributed by atoms with Crippen molar-refractivity contribution in [2.24, 2.45) is 4.99 Å². The fraction of sp³-hybridized carbons (Fsp3) is 0.200. The molecule has 1 heterocycles. The third kappa shape index (κ3) is 6.29. The van der Waals surface area contributed by atoms with Crippen LogP contribution >= 0.6 is 24.0 Å². The number of benzene rings is 2. The predicted octanol–water partition coefficient (Wildman–Crippen LogP) is 3.68. The van der Waals surface area contributed by atoms with Gasteiger partial charge in [-0.25, -0.2) is 13.5 Å². The van der Waals surface area contributed by atoms with Crippen LogP contribution < -0.4 is 10.6 Å². The lowest BCUT2D eigenvalue weighted by molar-refractivity contribution is 0.626. The van der Waals surface area contributed by atoms with Gasteiger partial charge >= 0.3 is 0 Å². The Labute approximate surface area is 179 Å². The quantitative estimate of drug-likeness (QED) is 0.311. The molecule has 0 spiro atoms. The van der Waals surface area contributed by atoms with Crippen LogP contribution in [-0.4, -0.2) is 29.3 Å². The number of nitrogens with one attached hydrogen (secondary N) is 2. The molecule has 0 unspecified atom stereocenters. The molecule has 0 atom stereocenters. The molecule has 0 fully saturated rings. The maximum atomic E-state index is 13.0. The maximum Gasteiger partial charge on any atom is 0.191 e. The lowest BCUT2D eigenvalue weighted by Crippen LogP contribution is -2.37. The van der Waals surface area contributed by atoms with Gasteiger partial charge < -0.3 is 10.6 Å². The van der Waals surface area contributed by atoms with Crippen LogP contribution in [0.3, 0.4) is 0 Å². The van der Waals surface area contributed by atoms with E-state index in [4.69, 9.17) is 0 Å². The molecule has 8 heteroatoms. The molecule has 0 bridgehead atoms. The number of guanidine groups is 1. The molecule has 0 aliphatic carbocycles. The summed E-state index contributed by atoms with van der Waals surface area (Å²) >= 11 is 0. The van der Waals surface area contributed by atoms with Crippen molar-refractivity contribution in [3.8, 4) is 5.69 Å². The Morgan fingerprint density at radius 3 is 2.25 bits per heavy atom. The van der Waals surface area contributed by atoms with Crippen molar-refractivity contribution in [1.29, 1.82) is 0 Å². The van der Waals surface area contributed by atoms with E-state index in [-0.39, 0.29) is 35.6 Å². The zero-order valence-electron chi connectivity index (χ0n) is 15.4. The highest BCUT2D eigenvalue weighted by atomic mass is 127. The lowest BCUT2D eigenvalue weighted by Gasteiger charge is -2.11. The van der Waals surface area contributed by atoms with Crippen molar-refractivity contribution in [3.05, 3.63) is 83.7 Å². The second-order valence-electron chi connectivity index (χ2n) is 5.96. The fourth-order valence-electron chi connectivity index (χ4n) is 2.55. The molecule has 0 aliphatic rings. The van der Waals surface area contributed by atoms with Gasteiger partial charge in [0, 0.05) is 32.8 Å². The molecule has 0 saturated heterocycles. The number of aromatic nitrogens is 2. The lowest BCUT2D eigenvalue weighted by atomic mass is 10.2. The fourth-order valence-corrected chi connectivity index (χ4v) is 2.55. The van der Waals surface area contributed by atoms with Crippen LogP contribution in [0.1, 0.15) is 11.3 Å². The smallest absolute Gasteiger partial charge is 0.191 e. The Balaban J connectivity index is 0.00000280. The van der Waals surface area contributed by atoms with Crippen LogP contribution in [0.25, 0.3) is 5.69 Å². The van der Waals surface area contributed by atoms with Gasteiger partial charge in [0.25, 0.3) is 0 Å². The Hall–Kier alpha value is -2.49. The van der Waals surface area contributed by atoms with E-state index in [0.29, 0.717) is 25.5 Å². The van der Waals surface area contributed by atoms with Gasteiger partial charge in [0.1, 0.15) is 11.6 Å². The first kappa shape index (κ1) is 21.8. The zero-order chi connectivity index (χ0) is 19.1. The number of nitrogens with zero attached hydrogens (tertiary/aromatic N) is 3. The maximum absolute atomic E-state index is 13.0. The van der Waals surface area contributed by atoms with E-state index in [1.807, 2.05) is 12.3 Å². The van der Waals surface area contributed by atoms with Gasteiger partial charge in [-0.15, -0.1) is 24.0 Å². The molecule has 0 amide bonds. The van der Waals surface area contributed by atoms with E-state index in [2.05, 4.69) is 20.7 Å². The van der Waals surface area contributed by atoms with Crippen molar-refractivity contribution >= 4 is 29.9 Å². The average Bonchev–Trinajstić information content (AvgIpc) is 3.15. The summed E-state index contributed by atoms with van der Waals surface area (Å²) in [5.74, 6) is 0.147. The van der Waals surface area contributed by atoms with Crippen molar-refractivity contribution in [3.63, 3.8) is 0 Å². The molecule has 3 aromatic rings. The van der Waals surface area contributed by atoms with Crippen molar-refractivity contribution in [1.82, 2.24) is 20.4 Å². The average molecular weight is 497 g/mol. The van der Waals surface area contributed by atoms with Gasteiger partial charge in [-0.2, -0.15) is 5.10 Å². The largest absolute Gasteiger partial charge is 0.356 e. The molecule has 0 saturated carbocycles. The summed E-state index contributed by atoms with van der Waals surface area (Å²) in [6.45, 7) is 1.21. The molecule has 1 aromatic heterocycles. The number of hydrogen-bond acceptors (Lipinski definition) is 2. The summed E-state index contributed by atoms with van der Waals surface area (Å²) in [7, 11) is 1.70. The molecular formula is C20H22F2IN5. The second-order valence-corrected chi connectivity index (χ2v) is 5.96. The van der Waals surface area contributed by atoms with Crippen molar-refractivity contribution in [2.75, 3.05) is 13.6 Å². The zero-order valence-corrected chi connectivity index (χ0v) is 17.7. The summed E-state index contributed by atoms with van der Waals surface area (Å²) in [6, 6.07) is 14.5. The van der Waals surface area contributed by atoms with E-state index >= 15 is 0 Å². The monoisotopic (exact) mass is 497 g/mol. The Morgan fingerprint density at radius 1 is 0.964 bits per heavy atom. The first-order valence-electron chi connectivity index (χ1n) is 8.63. The molecular weight excluding hydrogens is 475 g/mol. The standard InChI is InChI=1S/C20H21F2N5.HI/c1-23-20(25-14-15-2-4-16(21)5-3-15)24-12-10-18-11-13-27(26-18)19-8-6-17(22)7-9-19;/h2-9,11,13H,10,12,14H2,1H3,(H2,23,24,25);1H. The third-order valence-corrected chi connectivity index (χ3v) is 4.01. The second kappa shape index (κ2) is 10.7. The minimum atomic E-state index is -0.269. The van der Waals surface area contributed by atoms with Crippen LogP contribution in [0.4, 0.5) is 8.78 Å². The first-order chi connectivity index (χ1) is 13.1. The molecule has 2 aromatic carbocycles. The summed E-state index contributed by atoms with van der Waals surface area (Å²) in [6.07, 6.45) is 2.57. The summed E-state index contributed by atoms with van der Waals surface area (Å²) in [5.41, 5.74) is 2.70. The van der Waals surface area contributed by atoms with Crippen LogP contribution in [0.5, 0.6) is 0 Å². The molecule has 0 radical (unpaired) electrons. The first-order valence-corrected chi connectivity index (χ1v) is 8.63. The SMILES string of the molecule is CN=C(NCCc1ccn(-c2ccc(F)cc2)n1)NCc1ccc(F)cc1.I. The Morgan fingerprint density at radius 2 is 1.61 bits per heavy atom. The van der Waals surface area contributed by atoms with Gasteiger partial charge in [-0.1, -0.05) is 12.1 Å². The minimum Gasteiger partial charge on any atom is -0.356 e. The molecule has 148 valence electrons. The summed E-state index contributed by atoms with van der Waals surface area (Å²) in [4.78, 5) is 4.17. The van der Waals surface area contributed by atoms with E-state index in [1.165, 1.54) is 24.3 Å². The highest BCUT2D eigenvalue weighted by molar-refractivity contribution is 14.0.